The Labute approximate surface area is 587 Å². The standard InChI is InChI=1S/C43H59N11O13S.C18H32N4O6.Y/c1-26-20-31(67-19-4-6-35(55)45-14-15-46-41(62)32(9-12-37(58)59)52-40(61)29(23-44-3)8-11-36(56)57)21-27(2)38(26)53-68(65,66)34(42(63)64)25-50-39(60)28-7-10-33-30(22-28)24-51-54(33)18-5-13-47-43-48-16-17-49-43;1-15(23)11-19-3-7-21(13-17(25)26)9-5-20(12-16(2)24)6-10-22(8-4-19)14-18(27)28;/h7,10,16-17,20-22,24,29,32,34,44,53H,4-6,8-9,11-15,18-19,23,25H2,1-3H3,(H,45,55)(H,46,62)(H,50,60)(H,52,61)(H,56,57)(H,58,59)(H,63,64)(H2,47,48,49);23H,1,3-14H2,2H3,(H,25,26)(H,27,28);/t29-,32?,34?;;/m1../s1. The summed E-state index contributed by atoms with van der Waals surface area (Å²) in [6, 6.07) is 6.73. The number of aliphatic carboxylic acids is 5. The van der Waals surface area contributed by atoms with E-state index in [1.165, 1.54) is 6.92 Å². The molecule has 3 atom stereocenters. The molecule has 1 saturated heterocycles. The number of carboxylic acids is 5. The maximum atomic E-state index is 13.4. The number of nitrogens with one attached hydrogen (secondary N) is 8. The van der Waals surface area contributed by atoms with Crippen molar-refractivity contribution in [3.8, 4) is 5.75 Å². The van der Waals surface area contributed by atoms with Crippen LogP contribution in [0.15, 0.2) is 61.3 Å². The fraction of sp³-hybridized carbons (Fsp3) is 0.541. The Kier molecular flexibility index (Phi) is 37.0. The number of nitrogens with zero attached hydrogens (tertiary/aromatic N) is 7. The molecule has 0 saturated carbocycles. The Morgan fingerprint density at radius 3 is 1.80 bits per heavy atom. The largest absolute Gasteiger partial charge is 0.512 e. The number of fused-ring (bicyclic) bond motifs is 1. The van der Waals surface area contributed by atoms with E-state index in [1.807, 2.05) is 9.80 Å². The van der Waals surface area contributed by atoms with Gasteiger partial charge >= 0.3 is 29.8 Å². The van der Waals surface area contributed by atoms with E-state index in [9.17, 15) is 66.6 Å². The van der Waals surface area contributed by atoms with Crippen molar-refractivity contribution in [2.24, 2.45) is 5.92 Å². The monoisotopic (exact) mass is 1460 g/mol. The molecule has 4 aromatic rings. The summed E-state index contributed by atoms with van der Waals surface area (Å²) in [7, 11) is -3.01. The number of hydrogen-bond acceptors (Lipinski definition) is 22. The van der Waals surface area contributed by atoms with Gasteiger partial charge in [-0.2, -0.15) is 5.10 Å². The van der Waals surface area contributed by atoms with E-state index in [0.717, 1.165) is 11.9 Å². The number of amides is 4. The normalized spacial score (nSPS) is 14.4. The van der Waals surface area contributed by atoms with Gasteiger partial charge in [-0.05, 0) is 95.0 Å². The van der Waals surface area contributed by atoms with E-state index < -0.39 is 87.8 Å². The van der Waals surface area contributed by atoms with Crippen LogP contribution in [-0.2, 0) is 92.4 Å². The molecule has 2 aromatic carbocycles. The van der Waals surface area contributed by atoms with Gasteiger partial charge in [-0.15, -0.1) is 0 Å². The van der Waals surface area contributed by atoms with Crippen LogP contribution >= 0.6 is 0 Å². The Bertz CT molecular complexity index is 3260. The number of ketones is 1. The first-order valence-electron chi connectivity index (χ1n) is 31.1. The molecule has 1 radical (unpaired) electrons. The van der Waals surface area contributed by atoms with Crippen molar-refractivity contribution in [1.29, 1.82) is 0 Å². The number of H-pyrrole nitrogens is 1. The van der Waals surface area contributed by atoms with Crippen LogP contribution in [0.4, 0.5) is 11.6 Å². The van der Waals surface area contributed by atoms with Crippen molar-refractivity contribution >= 4 is 91.8 Å². The van der Waals surface area contributed by atoms with Crippen LogP contribution in [-0.4, -0.2) is 274 Å². The van der Waals surface area contributed by atoms with Crippen LogP contribution in [0.5, 0.6) is 5.75 Å². The first kappa shape index (κ1) is 83.0. The second-order valence-electron chi connectivity index (χ2n) is 22.9. The third-order valence-electron chi connectivity index (χ3n) is 15.0. The number of carbonyl (C=O) groups is 10. The van der Waals surface area contributed by atoms with Crippen molar-refractivity contribution in [2.75, 3.05) is 135 Å². The maximum absolute atomic E-state index is 13.4. The van der Waals surface area contributed by atoms with Gasteiger partial charge in [-0.1, -0.05) is 6.58 Å². The van der Waals surface area contributed by atoms with E-state index in [1.54, 1.807) is 84.3 Å². The average Bonchev–Trinajstić information content (AvgIpc) is 1.21. The van der Waals surface area contributed by atoms with Crippen LogP contribution in [0.2, 0.25) is 0 Å². The number of hydrogen-bond donors (Lipinski definition) is 14. The Balaban J connectivity index is 0.000000706. The number of rotatable bonds is 39. The number of aromatic amines is 1. The molecule has 1 aliphatic rings. The zero-order valence-corrected chi connectivity index (χ0v) is 58.7. The second kappa shape index (κ2) is 43.2. The number of aliphatic hydroxyl groups is 1. The molecule has 34 nitrogen and oxygen atoms in total. The van der Waals surface area contributed by atoms with Gasteiger partial charge in [0.05, 0.1) is 61.9 Å². The number of imidazole rings is 1. The van der Waals surface area contributed by atoms with E-state index in [0.29, 0.717) is 93.7 Å². The summed E-state index contributed by atoms with van der Waals surface area (Å²) in [5.41, 5.74) is 1.93. The second-order valence-corrected chi connectivity index (χ2v) is 24.8. The molecule has 0 spiro atoms. The molecule has 0 bridgehead atoms. The van der Waals surface area contributed by atoms with Crippen molar-refractivity contribution in [2.45, 2.75) is 83.6 Å². The van der Waals surface area contributed by atoms with Crippen molar-refractivity contribution in [3.05, 3.63) is 78.0 Å². The van der Waals surface area contributed by atoms with E-state index in [4.69, 9.17) is 25.2 Å². The topological polar surface area (TPSA) is 479 Å². The summed E-state index contributed by atoms with van der Waals surface area (Å²) in [6.45, 7) is 13.2. The van der Waals surface area contributed by atoms with Gasteiger partial charge in [0.15, 0.2) is 11.2 Å². The molecule has 2 unspecified atom stereocenters. The van der Waals surface area contributed by atoms with Gasteiger partial charge in [0.2, 0.25) is 27.7 Å². The van der Waals surface area contributed by atoms with Crippen LogP contribution in [0.1, 0.15) is 73.4 Å². The fourth-order valence-electron chi connectivity index (χ4n) is 10.1. The molecule has 36 heteroatoms. The van der Waals surface area contributed by atoms with Crippen molar-refractivity contribution in [3.63, 3.8) is 0 Å². The third kappa shape index (κ3) is 31.7. The Morgan fingerprint density at radius 1 is 0.691 bits per heavy atom. The summed E-state index contributed by atoms with van der Waals surface area (Å²) in [5, 5.41) is 75.0. The molecule has 0 aliphatic carbocycles. The number of aliphatic hydroxyl groups excluding tert-OH is 1. The number of anilines is 2. The number of carbonyl (C=O) groups excluding carboxylic acids is 5. The number of aromatic nitrogens is 4. The summed E-state index contributed by atoms with van der Waals surface area (Å²) in [5.74, 6) is -7.81. The third-order valence-corrected chi connectivity index (χ3v) is 16.6. The number of ether oxygens (including phenoxy) is 1. The van der Waals surface area contributed by atoms with E-state index in [2.05, 4.69) is 58.3 Å². The molecule has 97 heavy (non-hydrogen) atoms. The quantitative estimate of drug-likeness (QED) is 0.0206. The van der Waals surface area contributed by atoms with E-state index in [-0.39, 0.29) is 146 Å². The molecule has 533 valence electrons. The number of Topliss-reactive ketones (excluding diaryl/α,β-unsaturated/α-hetero) is 1. The predicted octanol–water partition coefficient (Wildman–Crippen LogP) is -0.0199. The zero-order chi connectivity index (χ0) is 70.9. The van der Waals surface area contributed by atoms with Gasteiger partial charge in [0.25, 0.3) is 5.91 Å². The molecule has 4 amide bonds. The van der Waals surface area contributed by atoms with Crippen LogP contribution in [0.3, 0.4) is 0 Å². The first-order chi connectivity index (χ1) is 45.5. The number of sulfonamides is 1. The minimum absolute atomic E-state index is 0. The molecule has 1 aliphatic heterocycles. The van der Waals surface area contributed by atoms with Crippen LogP contribution < -0.4 is 41.4 Å². The van der Waals surface area contributed by atoms with Crippen molar-refractivity contribution < 1.29 is 124 Å². The molecule has 14 N–H and O–H groups in total. The molecular formula is C61H91N15O19SY. The molecule has 5 rings (SSSR count). The summed E-state index contributed by atoms with van der Waals surface area (Å²) in [4.78, 5) is 134. The smallest absolute Gasteiger partial charge is 0.325 e. The van der Waals surface area contributed by atoms with Gasteiger partial charge in [0.1, 0.15) is 17.6 Å². The number of carboxylic acid groups (broad SMARTS) is 5. The molecule has 2 aromatic heterocycles. The molecular weight excluding hydrogens is 1370 g/mol. The summed E-state index contributed by atoms with van der Waals surface area (Å²) in [6.07, 6.45) is 5.13. The SMILES string of the molecule is C=C(O)CN1CCN(CC(=O)O)CCN(CC(C)=O)CCN(CC(=O)O)CC1.CNC[C@@H](CCC(=O)O)C(=O)NC(CCC(=O)O)C(=O)NCCNC(=O)CCCOc1cc(C)c(NS(=O)(=O)C(CNC(=O)c2ccc3c(cnn3CCCNc3ncc[nH]3)c2)C(=O)O)c(C)c1.[Y]. The molecule has 1 fully saturated rings. The summed E-state index contributed by atoms with van der Waals surface area (Å²) >= 11 is 0. The van der Waals surface area contributed by atoms with Gasteiger partial charge in [-0.25, -0.2) is 13.4 Å². The average molecular weight is 1460 g/mol. The van der Waals surface area contributed by atoms with Crippen LogP contribution in [0.25, 0.3) is 10.9 Å². The Hall–Kier alpha value is -8.19. The minimum atomic E-state index is -4.59. The van der Waals surface area contributed by atoms with Gasteiger partial charge in [-0.3, -0.25) is 76.9 Å². The minimum Gasteiger partial charge on any atom is -0.512 e. The molecule has 3 heterocycles. The van der Waals surface area contributed by atoms with Crippen molar-refractivity contribution in [1.82, 2.24) is 65.9 Å². The number of benzene rings is 2. The summed E-state index contributed by atoms with van der Waals surface area (Å²) < 4.78 is 36.8. The van der Waals surface area contributed by atoms with Gasteiger partial charge < -0.3 is 72.3 Å². The van der Waals surface area contributed by atoms with Gasteiger partial charge in [0, 0.05) is 167 Å². The van der Waals surface area contributed by atoms with Crippen LogP contribution in [0, 0.1) is 19.8 Å². The Morgan fingerprint density at radius 2 is 1.27 bits per heavy atom. The number of aryl methyl sites for hydroxylation is 3. The zero-order valence-electron chi connectivity index (χ0n) is 55.0. The fourth-order valence-corrected chi connectivity index (χ4v) is 11.4. The predicted molar refractivity (Wildman–Crippen MR) is 351 cm³/mol. The first-order valence-corrected chi connectivity index (χ1v) is 32.7. The maximum Gasteiger partial charge on any atom is 0.325 e. The van der Waals surface area contributed by atoms with E-state index >= 15 is 0 Å².